The van der Waals surface area contributed by atoms with E-state index in [9.17, 15) is 9.59 Å². The zero-order chi connectivity index (χ0) is 19.8. The topological polar surface area (TPSA) is 61.9 Å². The van der Waals surface area contributed by atoms with Crippen LogP contribution >= 0.6 is 0 Å². The van der Waals surface area contributed by atoms with Crippen molar-refractivity contribution in [3.63, 3.8) is 0 Å². The lowest BCUT2D eigenvalue weighted by molar-refractivity contribution is -0.142. The van der Waals surface area contributed by atoms with Crippen LogP contribution in [0.5, 0.6) is 5.75 Å². The lowest BCUT2D eigenvalue weighted by Gasteiger charge is -2.38. The molecule has 1 aromatic carbocycles. The number of carbonyl (C=O) groups excluding carboxylic acids is 2. The van der Waals surface area contributed by atoms with Gasteiger partial charge in [0.1, 0.15) is 5.75 Å². The smallest absolute Gasteiger partial charge is 0.225 e. The molecule has 0 saturated carbocycles. The Bertz CT molecular complexity index is 627. The summed E-state index contributed by atoms with van der Waals surface area (Å²) in [5.41, 5.74) is 0. The molecule has 0 aromatic heterocycles. The van der Waals surface area contributed by atoms with Gasteiger partial charge < -0.3 is 19.9 Å². The number of benzene rings is 1. The van der Waals surface area contributed by atoms with Gasteiger partial charge in [0.15, 0.2) is 0 Å². The predicted octanol–water partition coefficient (Wildman–Crippen LogP) is 2.15. The third-order valence-corrected chi connectivity index (χ3v) is 5.85. The highest BCUT2D eigenvalue weighted by Crippen LogP contribution is 2.24. The Balaban J connectivity index is 1.38. The SMILES string of the molecule is CNCC1CCCN(C(=O)C2CCN(C(=O)CCOc3ccccc3)CC2)C1. The summed E-state index contributed by atoms with van der Waals surface area (Å²) in [6.45, 7) is 4.47. The number of hydrogen-bond donors (Lipinski definition) is 1. The second-order valence-electron chi connectivity index (χ2n) is 7.92. The van der Waals surface area contributed by atoms with Crippen molar-refractivity contribution >= 4 is 11.8 Å². The highest BCUT2D eigenvalue weighted by atomic mass is 16.5. The van der Waals surface area contributed by atoms with Crippen molar-refractivity contribution in [3.8, 4) is 5.75 Å². The highest BCUT2D eigenvalue weighted by Gasteiger charge is 2.32. The zero-order valence-corrected chi connectivity index (χ0v) is 16.9. The summed E-state index contributed by atoms with van der Waals surface area (Å²) in [6.07, 6.45) is 4.22. The van der Waals surface area contributed by atoms with E-state index < -0.39 is 0 Å². The summed E-state index contributed by atoms with van der Waals surface area (Å²) in [5.74, 6) is 1.83. The third-order valence-electron chi connectivity index (χ3n) is 5.85. The zero-order valence-electron chi connectivity index (χ0n) is 16.9. The van der Waals surface area contributed by atoms with Gasteiger partial charge in [-0.3, -0.25) is 9.59 Å². The van der Waals surface area contributed by atoms with E-state index in [2.05, 4.69) is 10.2 Å². The largest absolute Gasteiger partial charge is 0.493 e. The van der Waals surface area contributed by atoms with Gasteiger partial charge >= 0.3 is 0 Å². The van der Waals surface area contributed by atoms with Crippen LogP contribution < -0.4 is 10.1 Å². The van der Waals surface area contributed by atoms with Gasteiger partial charge in [0.2, 0.25) is 11.8 Å². The Morgan fingerprint density at radius 2 is 1.82 bits per heavy atom. The summed E-state index contributed by atoms with van der Waals surface area (Å²) < 4.78 is 5.62. The third kappa shape index (κ3) is 5.71. The van der Waals surface area contributed by atoms with E-state index in [0.717, 1.165) is 44.6 Å². The Morgan fingerprint density at radius 1 is 1.07 bits per heavy atom. The molecule has 6 nitrogen and oxygen atoms in total. The van der Waals surface area contributed by atoms with Crippen LogP contribution in [0.4, 0.5) is 0 Å². The first-order valence-corrected chi connectivity index (χ1v) is 10.6. The summed E-state index contributed by atoms with van der Waals surface area (Å²) in [5, 5.41) is 3.23. The molecule has 1 unspecified atom stereocenters. The van der Waals surface area contributed by atoms with E-state index in [1.54, 1.807) is 0 Å². The van der Waals surface area contributed by atoms with Gasteiger partial charge in [0.05, 0.1) is 13.0 Å². The molecule has 28 heavy (non-hydrogen) atoms. The van der Waals surface area contributed by atoms with E-state index in [0.29, 0.717) is 37.9 Å². The fraction of sp³-hybridized carbons (Fsp3) is 0.636. The molecule has 2 heterocycles. The molecule has 0 radical (unpaired) electrons. The summed E-state index contributed by atoms with van der Waals surface area (Å²) >= 11 is 0. The van der Waals surface area contributed by atoms with Crippen LogP contribution in [0, 0.1) is 11.8 Å². The van der Waals surface area contributed by atoms with Crippen molar-refractivity contribution in [2.45, 2.75) is 32.1 Å². The quantitative estimate of drug-likeness (QED) is 0.779. The molecule has 154 valence electrons. The molecular formula is C22H33N3O3. The molecule has 2 aliphatic heterocycles. The summed E-state index contributed by atoms with van der Waals surface area (Å²) in [4.78, 5) is 29.3. The Morgan fingerprint density at radius 3 is 2.54 bits per heavy atom. The first-order valence-electron chi connectivity index (χ1n) is 10.6. The maximum Gasteiger partial charge on any atom is 0.225 e. The lowest BCUT2D eigenvalue weighted by Crippen LogP contribution is -2.48. The second kappa shape index (κ2) is 10.5. The number of rotatable bonds is 7. The minimum Gasteiger partial charge on any atom is -0.493 e. The van der Waals surface area contributed by atoms with Gasteiger partial charge in [0, 0.05) is 32.1 Å². The van der Waals surface area contributed by atoms with Crippen LogP contribution in [-0.2, 0) is 9.59 Å². The number of ether oxygens (including phenoxy) is 1. The van der Waals surface area contributed by atoms with Crippen LogP contribution in [-0.4, -0.2) is 68.0 Å². The van der Waals surface area contributed by atoms with E-state index in [-0.39, 0.29) is 11.8 Å². The van der Waals surface area contributed by atoms with Crippen LogP contribution in [0.2, 0.25) is 0 Å². The van der Waals surface area contributed by atoms with Gasteiger partial charge in [-0.2, -0.15) is 0 Å². The molecule has 1 atom stereocenters. The minimum absolute atomic E-state index is 0.0676. The number of amides is 2. The van der Waals surface area contributed by atoms with Crippen LogP contribution in [0.3, 0.4) is 0 Å². The standard InChI is InChI=1S/C22H33N3O3/c1-23-16-18-6-5-12-25(17-18)22(27)19-9-13-24(14-10-19)21(26)11-15-28-20-7-3-2-4-8-20/h2-4,7-8,18-19,23H,5-6,9-17H2,1H3. The molecule has 0 bridgehead atoms. The number of likely N-dealkylation sites (tertiary alicyclic amines) is 2. The molecule has 6 heteroatoms. The van der Waals surface area contributed by atoms with E-state index in [1.165, 1.54) is 6.42 Å². The van der Waals surface area contributed by atoms with Crippen LogP contribution in [0.25, 0.3) is 0 Å². The highest BCUT2D eigenvalue weighted by molar-refractivity contribution is 5.80. The molecule has 3 rings (SSSR count). The van der Waals surface area contributed by atoms with E-state index >= 15 is 0 Å². The van der Waals surface area contributed by atoms with Crippen molar-refractivity contribution in [1.29, 1.82) is 0 Å². The average molecular weight is 388 g/mol. The molecule has 0 aliphatic carbocycles. The molecule has 0 spiro atoms. The first kappa shape index (κ1) is 20.6. The van der Waals surface area contributed by atoms with Crippen molar-refractivity contribution < 1.29 is 14.3 Å². The first-order chi connectivity index (χ1) is 13.7. The van der Waals surface area contributed by atoms with Crippen LogP contribution in [0.1, 0.15) is 32.1 Å². The number of carbonyl (C=O) groups is 2. The fourth-order valence-electron chi connectivity index (χ4n) is 4.29. The van der Waals surface area contributed by atoms with Crippen molar-refractivity contribution in [2.75, 3.05) is 46.4 Å². The average Bonchev–Trinajstić information content (AvgIpc) is 2.74. The van der Waals surface area contributed by atoms with Gasteiger partial charge in [-0.05, 0) is 57.3 Å². The van der Waals surface area contributed by atoms with E-state index in [1.807, 2.05) is 42.3 Å². The molecule has 2 aliphatic rings. The number of para-hydroxylation sites is 1. The molecule has 2 fully saturated rings. The molecule has 2 saturated heterocycles. The lowest BCUT2D eigenvalue weighted by atomic mass is 9.92. The molecule has 1 aromatic rings. The van der Waals surface area contributed by atoms with Crippen molar-refractivity contribution in [3.05, 3.63) is 30.3 Å². The molecule has 2 amide bonds. The second-order valence-corrected chi connectivity index (χ2v) is 7.92. The Hall–Kier alpha value is -2.08. The number of hydrogen-bond acceptors (Lipinski definition) is 4. The van der Waals surface area contributed by atoms with Crippen LogP contribution in [0.15, 0.2) is 30.3 Å². The maximum atomic E-state index is 12.9. The van der Waals surface area contributed by atoms with Gasteiger partial charge in [0.25, 0.3) is 0 Å². The Labute approximate surface area is 168 Å². The predicted molar refractivity (Wildman–Crippen MR) is 109 cm³/mol. The van der Waals surface area contributed by atoms with Gasteiger partial charge in [-0.1, -0.05) is 18.2 Å². The van der Waals surface area contributed by atoms with Crippen molar-refractivity contribution in [1.82, 2.24) is 15.1 Å². The number of piperidine rings is 2. The summed E-state index contributed by atoms with van der Waals surface area (Å²) in [7, 11) is 1.97. The number of nitrogens with zero attached hydrogens (tertiary/aromatic N) is 2. The normalized spacial score (nSPS) is 20.8. The van der Waals surface area contributed by atoms with Gasteiger partial charge in [-0.15, -0.1) is 0 Å². The molecular weight excluding hydrogens is 354 g/mol. The fourth-order valence-corrected chi connectivity index (χ4v) is 4.29. The maximum absolute atomic E-state index is 12.9. The number of nitrogens with one attached hydrogen (secondary N) is 1. The Kier molecular flexibility index (Phi) is 7.71. The molecule has 1 N–H and O–H groups in total. The minimum atomic E-state index is 0.0676. The van der Waals surface area contributed by atoms with E-state index in [4.69, 9.17) is 4.74 Å². The summed E-state index contributed by atoms with van der Waals surface area (Å²) in [6, 6.07) is 9.56. The van der Waals surface area contributed by atoms with Crippen molar-refractivity contribution in [2.24, 2.45) is 11.8 Å². The monoisotopic (exact) mass is 387 g/mol. The van der Waals surface area contributed by atoms with Gasteiger partial charge in [-0.25, -0.2) is 0 Å².